The largest absolute Gasteiger partial charge is 0.478 e. The quantitative estimate of drug-likeness (QED) is 0.860. The molecule has 0 unspecified atom stereocenters. The number of carboxylic acid groups (broad SMARTS) is 1. The van der Waals surface area contributed by atoms with Gasteiger partial charge in [-0.25, -0.2) is 4.79 Å². The van der Waals surface area contributed by atoms with Crippen LogP contribution in [-0.4, -0.2) is 23.5 Å². The highest BCUT2D eigenvalue weighted by Gasteiger charge is 2.10. The van der Waals surface area contributed by atoms with Crippen molar-refractivity contribution in [1.82, 2.24) is 5.32 Å². The van der Waals surface area contributed by atoms with E-state index in [1.165, 1.54) is 6.26 Å². The zero-order chi connectivity index (χ0) is 13.7. The van der Waals surface area contributed by atoms with Crippen LogP contribution in [-0.2, 0) is 6.42 Å². The molecule has 0 radical (unpaired) electrons. The molecule has 5 nitrogen and oxygen atoms in total. The van der Waals surface area contributed by atoms with Gasteiger partial charge in [-0.1, -0.05) is 18.2 Å². The molecule has 2 aromatic rings. The minimum absolute atomic E-state index is 0.242. The van der Waals surface area contributed by atoms with Gasteiger partial charge in [-0.05, 0) is 30.2 Å². The van der Waals surface area contributed by atoms with Gasteiger partial charge in [0.1, 0.15) is 0 Å². The maximum absolute atomic E-state index is 11.6. The smallest absolute Gasteiger partial charge is 0.335 e. The second kappa shape index (κ2) is 5.86. The number of hydrogen-bond donors (Lipinski definition) is 2. The number of carbonyl (C=O) groups excluding carboxylic acids is 1. The maximum atomic E-state index is 11.6. The van der Waals surface area contributed by atoms with Crippen LogP contribution in [0.25, 0.3) is 0 Å². The van der Waals surface area contributed by atoms with Crippen molar-refractivity contribution in [2.75, 3.05) is 6.54 Å². The molecule has 1 heterocycles. The molecule has 1 amide bonds. The number of carbonyl (C=O) groups is 2. The van der Waals surface area contributed by atoms with E-state index >= 15 is 0 Å². The van der Waals surface area contributed by atoms with E-state index in [0.29, 0.717) is 18.5 Å². The van der Waals surface area contributed by atoms with E-state index in [9.17, 15) is 9.59 Å². The predicted molar refractivity (Wildman–Crippen MR) is 68.1 cm³/mol. The van der Waals surface area contributed by atoms with Crippen LogP contribution >= 0.6 is 0 Å². The summed E-state index contributed by atoms with van der Waals surface area (Å²) in [5.74, 6) is -1.03. The molecule has 0 bridgehead atoms. The zero-order valence-electron chi connectivity index (χ0n) is 10.1. The van der Waals surface area contributed by atoms with Crippen LogP contribution in [0.15, 0.2) is 47.1 Å². The Kier molecular flexibility index (Phi) is 3.97. The summed E-state index contributed by atoms with van der Waals surface area (Å²) >= 11 is 0. The third kappa shape index (κ3) is 3.22. The molecule has 0 saturated heterocycles. The summed E-state index contributed by atoms with van der Waals surface area (Å²) in [6, 6.07) is 9.94. The zero-order valence-corrected chi connectivity index (χ0v) is 10.1. The van der Waals surface area contributed by atoms with Crippen molar-refractivity contribution in [1.29, 1.82) is 0 Å². The molecule has 1 aromatic heterocycles. The minimum atomic E-state index is -0.965. The summed E-state index contributed by atoms with van der Waals surface area (Å²) < 4.78 is 4.95. The third-order valence-corrected chi connectivity index (χ3v) is 2.67. The molecule has 0 aliphatic rings. The molecule has 0 atom stereocenters. The lowest BCUT2D eigenvalue weighted by atomic mass is 10.0. The van der Waals surface area contributed by atoms with Crippen molar-refractivity contribution < 1.29 is 19.1 Å². The fourth-order valence-electron chi connectivity index (χ4n) is 1.75. The standard InChI is InChI=1S/C14H13NO4/c16-13(12-6-3-9-19-12)15-8-7-10-4-1-2-5-11(10)14(17)18/h1-6,9H,7-8H2,(H,15,16)(H,17,18). The maximum Gasteiger partial charge on any atom is 0.335 e. The fourth-order valence-corrected chi connectivity index (χ4v) is 1.75. The summed E-state index contributed by atoms with van der Waals surface area (Å²) in [5.41, 5.74) is 0.949. The van der Waals surface area contributed by atoms with Crippen molar-refractivity contribution in [2.24, 2.45) is 0 Å². The number of carboxylic acids is 1. The Hall–Kier alpha value is -2.56. The highest BCUT2D eigenvalue weighted by Crippen LogP contribution is 2.09. The summed E-state index contributed by atoms with van der Waals surface area (Å²) in [7, 11) is 0. The number of amides is 1. The summed E-state index contributed by atoms with van der Waals surface area (Å²) in [6.07, 6.45) is 1.88. The molecular formula is C14H13NO4. The Morgan fingerprint density at radius 2 is 1.95 bits per heavy atom. The Morgan fingerprint density at radius 1 is 1.16 bits per heavy atom. The van der Waals surface area contributed by atoms with E-state index in [1.807, 2.05) is 0 Å². The van der Waals surface area contributed by atoms with Crippen LogP contribution in [0.1, 0.15) is 26.5 Å². The van der Waals surface area contributed by atoms with Gasteiger partial charge in [-0.3, -0.25) is 4.79 Å². The summed E-state index contributed by atoms with van der Waals surface area (Å²) in [4.78, 5) is 22.6. The number of furan rings is 1. The van der Waals surface area contributed by atoms with Crippen molar-refractivity contribution >= 4 is 11.9 Å². The lowest BCUT2D eigenvalue weighted by Crippen LogP contribution is -2.25. The van der Waals surface area contributed by atoms with E-state index in [1.54, 1.807) is 36.4 Å². The minimum Gasteiger partial charge on any atom is -0.478 e. The normalized spacial score (nSPS) is 10.1. The Balaban J connectivity index is 1.93. The summed E-state index contributed by atoms with van der Waals surface area (Å²) in [6.45, 7) is 0.351. The van der Waals surface area contributed by atoms with Gasteiger partial charge in [0.2, 0.25) is 0 Å². The average molecular weight is 259 g/mol. The van der Waals surface area contributed by atoms with Crippen molar-refractivity contribution in [2.45, 2.75) is 6.42 Å². The molecule has 19 heavy (non-hydrogen) atoms. The number of hydrogen-bond acceptors (Lipinski definition) is 3. The predicted octanol–water partition coefficient (Wildman–Crippen LogP) is 1.95. The molecule has 0 spiro atoms. The Bertz CT molecular complexity index is 575. The third-order valence-electron chi connectivity index (χ3n) is 2.67. The van der Waals surface area contributed by atoms with Crippen LogP contribution in [0.5, 0.6) is 0 Å². The van der Waals surface area contributed by atoms with Crippen molar-refractivity contribution in [3.8, 4) is 0 Å². The van der Waals surface area contributed by atoms with Gasteiger partial charge < -0.3 is 14.8 Å². The molecule has 5 heteroatoms. The van der Waals surface area contributed by atoms with Gasteiger partial charge in [0.25, 0.3) is 5.91 Å². The Morgan fingerprint density at radius 3 is 2.63 bits per heavy atom. The van der Waals surface area contributed by atoms with E-state index in [-0.39, 0.29) is 17.2 Å². The molecule has 0 saturated carbocycles. The lowest BCUT2D eigenvalue weighted by molar-refractivity contribution is 0.0695. The van der Waals surface area contributed by atoms with Crippen LogP contribution in [0.2, 0.25) is 0 Å². The van der Waals surface area contributed by atoms with E-state index in [0.717, 1.165) is 0 Å². The van der Waals surface area contributed by atoms with Gasteiger partial charge in [0.15, 0.2) is 5.76 Å². The van der Waals surface area contributed by atoms with E-state index in [2.05, 4.69) is 5.32 Å². The second-order valence-corrected chi connectivity index (χ2v) is 3.95. The first-order valence-corrected chi connectivity index (χ1v) is 5.81. The molecule has 0 aliphatic heterocycles. The van der Waals surface area contributed by atoms with E-state index in [4.69, 9.17) is 9.52 Å². The first-order valence-electron chi connectivity index (χ1n) is 5.81. The molecule has 0 aliphatic carbocycles. The number of nitrogens with one attached hydrogen (secondary N) is 1. The molecule has 1 aromatic carbocycles. The number of aromatic carboxylic acids is 1. The number of benzene rings is 1. The average Bonchev–Trinajstić information content (AvgIpc) is 2.93. The van der Waals surface area contributed by atoms with Crippen LogP contribution in [0.3, 0.4) is 0 Å². The molecular weight excluding hydrogens is 246 g/mol. The Labute approximate surface area is 109 Å². The topological polar surface area (TPSA) is 79.5 Å². The first-order chi connectivity index (χ1) is 9.18. The fraction of sp³-hybridized carbons (Fsp3) is 0.143. The molecule has 98 valence electrons. The summed E-state index contributed by atoms with van der Waals surface area (Å²) in [5, 5.41) is 11.7. The van der Waals surface area contributed by atoms with Gasteiger partial charge >= 0.3 is 5.97 Å². The first kappa shape index (κ1) is 12.9. The highest BCUT2D eigenvalue weighted by atomic mass is 16.4. The second-order valence-electron chi connectivity index (χ2n) is 3.95. The van der Waals surface area contributed by atoms with Crippen molar-refractivity contribution in [3.05, 3.63) is 59.5 Å². The van der Waals surface area contributed by atoms with Gasteiger partial charge in [0.05, 0.1) is 11.8 Å². The van der Waals surface area contributed by atoms with Gasteiger partial charge in [0, 0.05) is 6.54 Å². The van der Waals surface area contributed by atoms with Crippen LogP contribution < -0.4 is 5.32 Å². The van der Waals surface area contributed by atoms with E-state index < -0.39 is 5.97 Å². The van der Waals surface area contributed by atoms with Gasteiger partial charge in [-0.2, -0.15) is 0 Å². The molecule has 0 fully saturated rings. The number of rotatable bonds is 5. The highest BCUT2D eigenvalue weighted by molar-refractivity contribution is 5.91. The van der Waals surface area contributed by atoms with Crippen molar-refractivity contribution in [3.63, 3.8) is 0 Å². The van der Waals surface area contributed by atoms with Crippen LogP contribution in [0, 0.1) is 0 Å². The van der Waals surface area contributed by atoms with Crippen LogP contribution in [0.4, 0.5) is 0 Å². The molecule has 2 rings (SSSR count). The monoisotopic (exact) mass is 259 g/mol. The van der Waals surface area contributed by atoms with Gasteiger partial charge in [-0.15, -0.1) is 0 Å². The molecule has 2 N–H and O–H groups in total. The SMILES string of the molecule is O=C(NCCc1ccccc1C(=O)O)c1ccco1. The lowest BCUT2D eigenvalue weighted by Gasteiger charge is -2.06.